The van der Waals surface area contributed by atoms with Crippen LogP contribution >= 0.6 is 28.1 Å². The third kappa shape index (κ3) is 3.91. The van der Waals surface area contributed by atoms with Gasteiger partial charge in [-0.25, -0.2) is 0 Å². The van der Waals surface area contributed by atoms with Crippen LogP contribution in [0, 0.1) is 0 Å². The van der Waals surface area contributed by atoms with Gasteiger partial charge in [0.25, 0.3) is 0 Å². The standard InChI is InChI=1S/C14H20BrN3OS/c15-13-10-11(2-3-12(13)14(16)20)18-5-1-4-17(6-7-18)8-9-19/h2-3,10,19H,1,4-9H2,(H2,16,20). The quantitative estimate of drug-likeness (QED) is 0.801. The Labute approximate surface area is 133 Å². The number of halogens is 1. The Balaban J connectivity index is 2.08. The Kier molecular flexibility index (Phi) is 5.77. The van der Waals surface area contributed by atoms with Crippen molar-refractivity contribution in [3.05, 3.63) is 28.2 Å². The van der Waals surface area contributed by atoms with E-state index in [-0.39, 0.29) is 6.61 Å². The van der Waals surface area contributed by atoms with Crippen LogP contribution in [0.4, 0.5) is 5.69 Å². The molecule has 20 heavy (non-hydrogen) atoms. The van der Waals surface area contributed by atoms with Crippen LogP contribution in [0.3, 0.4) is 0 Å². The minimum absolute atomic E-state index is 0.230. The molecule has 1 aliphatic rings. The lowest BCUT2D eigenvalue weighted by Crippen LogP contribution is -2.32. The molecule has 0 unspecified atom stereocenters. The summed E-state index contributed by atoms with van der Waals surface area (Å²) < 4.78 is 0.943. The lowest BCUT2D eigenvalue weighted by molar-refractivity contribution is 0.204. The minimum atomic E-state index is 0.230. The molecule has 1 fully saturated rings. The maximum Gasteiger partial charge on any atom is 0.105 e. The van der Waals surface area contributed by atoms with E-state index in [0.29, 0.717) is 4.99 Å². The highest BCUT2D eigenvalue weighted by molar-refractivity contribution is 9.10. The summed E-state index contributed by atoms with van der Waals surface area (Å²) in [5, 5.41) is 9.03. The predicted octanol–water partition coefficient (Wildman–Crippen LogP) is 1.59. The van der Waals surface area contributed by atoms with Gasteiger partial charge in [0, 0.05) is 41.9 Å². The summed E-state index contributed by atoms with van der Waals surface area (Å²) >= 11 is 8.55. The molecular weight excluding hydrogens is 338 g/mol. The third-order valence-electron chi connectivity index (χ3n) is 3.59. The number of nitrogens with zero attached hydrogens (tertiary/aromatic N) is 2. The summed E-state index contributed by atoms with van der Waals surface area (Å²) in [6.45, 7) is 5.02. The van der Waals surface area contributed by atoms with Gasteiger partial charge >= 0.3 is 0 Å². The van der Waals surface area contributed by atoms with E-state index < -0.39 is 0 Å². The number of thiocarbonyl (C=S) groups is 1. The van der Waals surface area contributed by atoms with E-state index in [1.807, 2.05) is 6.07 Å². The number of rotatable bonds is 4. The molecule has 3 N–H and O–H groups in total. The lowest BCUT2D eigenvalue weighted by atomic mass is 10.2. The number of hydrogen-bond acceptors (Lipinski definition) is 4. The molecule has 6 heteroatoms. The largest absolute Gasteiger partial charge is 0.395 e. The number of aliphatic hydroxyl groups excluding tert-OH is 1. The van der Waals surface area contributed by atoms with E-state index in [0.717, 1.165) is 49.2 Å². The van der Waals surface area contributed by atoms with Crippen LogP contribution in [0.5, 0.6) is 0 Å². The normalized spacial score (nSPS) is 17.0. The van der Waals surface area contributed by atoms with Gasteiger partial charge in [0.2, 0.25) is 0 Å². The monoisotopic (exact) mass is 357 g/mol. The fourth-order valence-corrected chi connectivity index (χ4v) is 3.38. The molecule has 110 valence electrons. The molecular formula is C14H20BrN3OS. The van der Waals surface area contributed by atoms with Crippen LogP contribution in [-0.2, 0) is 0 Å². The Morgan fingerprint density at radius 3 is 2.75 bits per heavy atom. The second-order valence-electron chi connectivity index (χ2n) is 4.93. The van der Waals surface area contributed by atoms with Crippen molar-refractivity contribution in [2.75, 3.05) is 44.2 Å². The molecule has 2 rings (SSSR count). The molecule has 0 atom stereocenters. The molecule has 4 nitrogen and oxygen atoms in total. The Morgan fingerprint density at radius 2 is 2.10 bits per heavy atom. The van der Waals surface area contributed by atoms with Crippen LogP contribution in [0.15, 0.2) is 22.7 Å². The van der Waals surface area contributed by atoms with Gasteiger partial charge in [-0.05, 0) is 47.1 Å². The van der Waals surface area contributed by atoms with Gasteiger partial charge in [-0.3, -0.25) is 4.90 Å². The fraction of sp³-hybridized carbons (Fsp3) is 0.500. The number of hydrogen-bond donors (Lipinski definition) is 2. The van der Waals surface area contributed by atoms with Crippen LogP contribution in [-0.4, -0.2) is 54.3 Å². The van der Waals surface area contributed by atoms with Gasteiger partial charge in [0.15, 0.2) is 0 Å². The first-order chi connectivity index (χ1) is 9.61. The molecule has 0 bridgehead atoms. The van der Waals surface area contributed by atoms with E-state index in [1.54, 1.807) is 0 Å². The molecule has 1 heterocycles. The predicted molar refractivity (Wildman–Crippen MR) is 90.4 cm³/mol. The van der Waals surface area contributed by atoms with Gasteiger partial charge in [0.1, 0.15) is 4.99 Å². The summed E-state index contributed by atoms with van der Waals surface area (Å²) in [6, 6.07) is 6.12. The first-order valence-corrected chi connectivity index (χ1v) is 7.99. The zero-order valence-electron chi connectivity index (χ0n) is 11.4. The van der Waals surface area contributed by atoms with Crippen molar-refractivity contribution in [2.24, 2.45) is 5.73 Å². The first kappa shape index (κ1) is 15.7. The Hall–Kier alpha value is -0.690. The lowest BCUT2D eigenvalue weighted by Gasteiger charge is -2.24. The van der Waals surface area contributed by atoms with Crippen LogP contribution in [0.1, 0.15) is 12.0 Å². The van der Waals surface area contributed by atoms with E-state index in [2.05, 4.69) is 37.9 Å². The average Bonchev–Trinajstić information content (AvgIpc) is 2.64. The molecule has 0 spiro atoms. The third-order valence-corrected chi connectivity index (χ3v) is 4.46. The summed E-state index contributed by atoms with van der Waals surface area (Å²) in [4.78, 5) is 5.08. The van der Waals surface area contributed by atoms with E-state index in [9.17, 15) is 0 Å². The van der Waals surface area contributed by atoms with Crippen LogP contribution < -0.4 is 10.6 Å². The number of aliphatic hydroxyl groups is 1. The van der Waals surface area contributed by atoms with Gasteiger partial charge in [0.05, 0.1) is 6.61 Å². The molecule has 0 aliphatic carbocycles. The Bertz CT molecular complexity index is 483. The molecule has 1 aliphatic heterocycles. The maximum absolute atomic E-state index is 9.03. The fourth-order valence-electron chi connectivity index (χ4n) is 2.49. The van der Waals surface area contributed by atoms with Gasteiger partial charge < -0.3 is 15.7 Å². The summed E-state index contributed by atoms with van der Waals surface area (Å²) in [7, 11) is 0. The number of nitrogens with two attached hydrogens (primary N) is 1. The van der Waals surface area contributed by atoms with Gasteiger partial charge in [-0.2, -0.15) is 0 Å². The second kappa shape index (κ2) is 7.36. The van der Waals surface area contributed by atoms with Crippen molar-refractivity contribution in [1.82, 2.24) is 4.90 Å². The molecule has 0 aromatic heterocycles. The highest BCUT2D eigenvalue weighted by Gasteiger charge is 2.15. The average molecular weight is 358 g/mol. The second-order valence-corrected chi connectivity index (χ2v) is 6.23. The van der Waals surface area contributed by atoms with E-state index in [4.69, 9.17) is 23.1 Å². The highest BCUT2D eigenvalue weighted by Crippen LogP contribution is 2.25. The molecule has 1 saturated heterocycles. The zero-order valence-corrected chi connectivity index (χ0v) is 13.8. The molecule has 0 saturated carbocycles. The van der Waals surface area contributed by atoms with Gasteiger partial charge in [-0.1, -0.05) is 12.2 Å². The van der Waals surface area contributed by atoms with E-state index >= 15 is 0 Å². The zero-order chi connectivity index (χ0) is 14.5. The number of anilines is 1. The van der Waals surface area contributed by atoms with Crippen molar-refractivity contribution in [2.45, 2.75) is 6.42 Å². The van der Waals surface area contributed by atoms with Crippen molar-refractivity contribution in [1.29, 1.82) is 0 Å². The summed E-state index contributed by atoms with van der Waals surface area (Å²) in [5.41, 5.74) is 7.74. The summed E-state index contributed by atoms with van der Waals surface area (Å²) in [6.07, 6.45) is 1.11. The van der Waals surface area contributed by atoms with Crippen molar-refractivity contribution in [3.63, 3.8) is 0 Å². The summed E-state index contributed by atoms with van der Waals surface area (Å²) in [5.74, 6) is 0. The van der Waals surface area contributed by atoms with Crippen molar-refractivity contribution < 1.29 is 5.11 Å². The number of benzene rings is 1. The molecule has 0 amide bonds. The van der Waals surface area contributed by atoms with E-state index in [1.165, 1.54) is 5.69 Å². The van der Waals surface area contributed by atoms with Crippen molar-refractivity contribution in [3.8, 4) is 0 Å². The SMILES string of the molecule is NC(=S)c1ccc(N2CCCN(CCO)CC2)cc1Br. The first-order valence-electron chi connectivity index (χ1n) is 6.79. The topological polar surface area (TPSA) is 52.7 Å². The Morgan fingerprint density at radius 1 is 1.30 bits per heavy atom. The minimum Gasteiger partial charge on any atom is -0.395 e. The molecule has 1 aromatic carbocycles. The molecule has 0 radical (unpaired) electrons. The highest BCUT2D eigenvalue weighted by atomic mass is 79.9. The molecule has 1 aromatic rings. The van der Waals surface area contributed by atoms with Gasteiger partial charge in [-0.15, -0.1) is 0 Å². The van der Waals surface area contributed by atoms with Crippen LogP contribution in [0.25, 0.3) is 0 Å². The van der Waals surface area contributed by atoms with Crippen molar-refractivity contribution >= 4 is 38.8 Å². The number of β-amino-alcohol motifs (C(OH)–C–C–N with tert-alkyl or cyclic N) is 1. The van der Waals surface area contributed by atoms with Crippen LogP contribution in [0.2, 0.25) is 0 Å². The smallest absolute Gasteiger partial charge is 0.105 e. The maximum atomic E-state index is 9.03.